The van der Waals surface area contributed by atoms with E-state index in [-0.39, 0.29) is 10.8 Å². The number of nitrogens with one attached hydrogen (secondary N) is 1. The smallest absolute Gasteiger partial charge is 0.238 e. The second kappa shape index (κ2) is 6.79. The Hall–Kier alpha value is -1.40. The van der Waals surface area contributed by atoms with Crippen molar-refractivity contribution >= 4 is 21.4 Å². The zero-order valence-electron chi connectivity index (χ0n) is 13.4. The summed E-state index contributed by atoms with van der Waals surface area (Å²) >= 11 is 0. The van der Waals surface area contributed by atoms with Crippen molar-refractivity contribution < 1.29 is 13.2 Å². The number of piperidine rings is 1. The molecule has 6 heteroatoms. The molecule has 1 N–H and O–H groups in total. The fraction of sp³-hybridized carbons (Fsp3) is 0.562. The zero-order chi connectivity index (χ0) is 16.3. The van der Waals surface area contributed by atoms with Gasteiger partial charge in [-0.15, -0.1) is 0 Å². The summed E-state index contributed by atoms with van der Waals surface area (Å²) in [7, 11) is -3.36. The Morgan fingerprint density at radius 3 is 2.41 bits per heavy atom. The molecule has 5 nitrogen and oxygen atoms in total. The lowest BCUT2D eigenvalue weighted by atomic mass is 9.92. The first-order valence-electron chi connectivity index (χ1n) is 7.57. The van der Waals surface area contributed by atoms with Crippen molar-refractivity contribution in [2.75, 3.05) is 31.2 Å². The summed E-state index contributed by atoms with van der Waals surface area (Å²) in [5.41, 5.74) is 0.355. The van der Waals surface area contributed by atoms with Crippen LogP contribution in [0.5, 0.6) is 0 Å². The maximum Gasteiger partial charge on any atom is 0.238 e. The molecule has 0 aromatic heterocycles. The number of benzene rings is 1. The number of sulfone groups is 1. The molecule has 1 fully saturated rings. The van der Waals surface area contributed by atoms with Crippen LogP contribution in [-0.2, 0) is 14.6 Å². The molecule has 1 aliphatic rings. The molecular weight excluding hydrogens is 300 g/mol. The van der Waals surface area contributed by atoms with Crippen molar-refractivity contribution in [2.45, 2.75) is 25.2 Å². The highest BCUT2D eigenvalue weighted by molar-refractivity contribution is 7.90. The maximum absolute atomic E-state index is 12.2. The van der Waals surface area contributed by atoms with Gasteiger partial charge in [0.05, 0.1) is 17.1 Å². The lowest BCUT2D eigenvalue weighted by Gasteiger charge is -2.34. The number of hydrogen-bond acceptors (Lipinski definition) is 4. The standard InChI is InChI=1S/C16H24N2O3S/c1-12-8-13(2)10-18(9-12)11-16(19)17-14-6-4-5-7-15(14)22(3,20)21/h4-7,12-13H,8-11H2,1-3H3,(H,17,19)/t12-,13+. The summed E-state index contributed by atoms with van der Waals surface area (Å²) < 4.78 is 23.5. The van der Waals surface area contributed by atoms with Gasteiger partial charge in [0, 0.05) is 19.3 Å². The molecule has 0 saturated carbocycles. The number of anilines is 1. The van der Waals surface area contributed by atoms with Gasteiger partial charge in [-0.2, -0.15) is 0 Å². The normalized spacial score (nSPS) is 23.2. The average molecular weight is 324 g/mol. The monoisotopic (exact) mass is 324 g/mol. The van der Waals surface area contributed by atoms with Crippen molar-refractivity contribution in [3.8, 4) is 0 Å². The van der Waals surface area contributed by atoms with Crippen LogP contribution in [-0.4, -0.2) is 45.1 Å². The lowest BCUT2D eigenvalue weighted by molar-refractivity contribution is -0.117. The van der Waals surface area contributed by atoms with E-state index < -0.39 is 9.84 Å². The van der Waals surface area contributed by atoms with Crippen LogP contribution in [0.15, 0.2) is 29.2 Å². The van der Waals surface area contributed by atoms with E-state index in [9.17, 15) is 13.2 Å². The summed E-state index contributed by atoms with van der Waals surface area (Å²) in [6.45, 7) is 6.50. The number of amides is 1. The molecule has 2 atom stereocenters. The number of para-hydroxylation sites is 1. The van der Waals surface area contributed by atoms with Crippen LogP contribution in [0, 0.1) is 11.8 Å². The minimum atomic E-state index is -3.36. The van der Waals surface area contributed by atoms with Gasteiger partial charge in [0.1, 0.15) is 0 Å². The second-order valence-electron chi connectivity index (χ2n) is 6.46. The first-order valence-corrected chi connectivity index (χ1v) is 9.46. The van der Waals surface area contributed by atoms with Gasteiger partial charge >= 0.3 is 0 Å². The number of hydrogen-bond donors (Lipinski definition) is 1. The Bertz CT molecular complexity index is 633. The van der Waals surface area contributed by atoms with E-state index in [4.69, 9.17) is 0 Å². The SMILES string of the molecule is C[C@@H]1C[C@H](C)CN(CC(=O)Nc2ccccc2S(C)(=O)=O)C1. The van der Waals surface area contributed by atoms with Gasteiger partial charge < -0.3 is 5.32 Å². The number of likely N-dealkylation sites (tertiary alicyclic amines) is 1. The van der Waals surface area contributed by atoms with Gasteiger partial charge in [0.2, 0.25) is 5.91 Å². The second-order valence-corrected chi connectivity index (χ2v) is 8.44. The lowest BCUT2D eigenvalue weighted by Crippen LogP contribution is -2.42. The summed E-state index contributed by atoms with van der Waals surface area (Å²) in [6, 6.07) is 6.50. The third kappa shape index (κ3) is 4.55. The molecule has 1 aliphatic heterocycles. The number of carbonyl (C=O) groups excluding carboxylic acids is 1. The van der Waals surface area contributed by atoms with Gasteiger partial charge in [0.25, 0.3) is 0 Å². The molecule has 0 spiro atoms. The van der Waals surface area contributed by atoms with E-state index >= 15 is 0 Å². The van der Waals surface area contributed by atoms with Crippen molar-refractivity contribution in [3.05, 3.63) is 24.3 Å². The highest BCUT2D eigenvalue weighted by Crippen LogP contribution is 2.22. The first-order chi connectivity index (χ1) is 10.3. The predicted molar refractivity (Wildman–Crippen MR) is 87.6 cm³/mol. The van der Waals surface area contributed by atoms with Crippen LogP contribution in [0.4, 0.5) is 5.69 Å². The molecule has 1 aromatic carbocycles. The Morgan fingerprint density at radius 2 is 1.82 bits per heavy atom. The summed E-state index contributed by atoms with van der Waals surface area (Å²) in [6.07, 6.45) is 2.33. The minimum absolute atomic E-state index is 0.156. The quantitative estimate of drug-likeness (QED) is 0.920. The highest BCUT2D eigenvalue weighted by atomic mass is 32.2. The van der Waals surface area contributed by atoms with Gasteiger partial charge in [-0.05, 0) is 30.4 Å². The molecule has 0 bridgehead atoms. The Morgan fingerprint density at radius 1 is 1.23 bits per heavy atom. The van der Waals surface area contributed by atoms with E-state index in [1.807, 2.05) is 0 Å². The molecule has 22 heavy (non-hydrogen) atoms. The predicted octanol–water partition coefficient (Wildman–Crippen LogP) is 2.01. The van der Waals surface area contributed by atoms with Crippen molar-refractivity contribution in [3.63, 3.8) is 0 Å². The van der Waals surface area contributed by atoms with Crippen LogP contribution >= 0.6 is 0 Å². The first kappa shape index (κ1) is 17.0. The van der Waals surface area contributed by atoms with Crippen LogP contribution in [0.1, 0.15) is 20.3 Å². The number of rotatable bonds is 4. The maximum atomic E-state index is 12.2. The Balaban J connectivity index is 2.04. The molecule has 0 radical (unpaired) electrons. The number of carbonyl (C=O) groups is 1. The fourth-order valence-corrected chi connectivity index (χ4v) is 4.05. The van der Waals surface area contributed by atoms with E-state index in [1.54, 1.807) is 18.2 Å². The van der Waals surface area contributed by atoms with Gasteiger partial charge in [-0.3, -0.25) is 9.69 Å². The molecule has 1 aromatic rings. The van der Waals surface area contributed by atoms with E-state index in [2.05, 4.69) is 24.1 Å². The highest BCUT2D eigenvalue weighted by Gasteiger charge is 2.23. The largest absolute Gasteiger partial charge is 0.324 e. The molecule has 122 valence electrons. The number of nitrogens with zero attached hydrogens (tertiary/aromatic N) is 1. The van der Waals surface area contributed by atoms with Crippen LogP contribution in [0.3, 0.4) is 0 Å². The Kier molecular flexibility index (Phi) is 5.24. The topological polar surface area (TPSA) is 66.5 Å². The third-order valence-corrected chi connectivity index (χ3v) is 5.03. The van der Waals surface area contributed by atoms with Crippen molar-refractivity contribution in [1.29, 1.82) is 0 Å². The summed E-state index contributed by atoms with van der Waals surface area (Å²) in [4.78, 5) is 14.5. The van der Waals surface area contributed by atoms with Crippen molar-refractivity contribution in [1.82, 2.24) is 4.90 Å². The van der Waals surface area contributed by atoms with Gasteiger partial charge in [0.15, 0.2) is 9.84 Å². The van der Waals surface area contributed by atoms with E-state index in [1.165, 1.54) is 12.5 Å². The van der Waals surface area contributed by atoms with Crippen LogP contribution < -0.4 is 5.32 Å². The van der Waals surface area contributed by atoms with Gasteiger partial charge in [-0.1, -0.05) is 26.0 Å². The molecule has 0 aliphatic carbocycles. The van der Waals surface area contributed by atoms with Crippen LogP contribution in [0.25, 0.3) is 0 Å². The molecular formula is C16H24N2O3S. The summed E-state index contributed by atoms with van der Waals surface area (Å²) in [5, 5.41) is 2.73. The third-order valence-electron chi connectivity index (χ3n) is 3.87. The molecule has 0 unspecified atom stereocenters. The molecule has 2 rings (SSSR count). The van der Waals surface area contributed by atoms with E-state index in [0.717, 1.165) is 19.3 Å². The average Bonchev–Trinajstić information content (AvgIpc) is 2.36. The minimum Gasteiger partial charge on any atom is -0.324 e. The summed E-state index contributed by atoms with van der Waals surface area (Å²) in [5.74, 6) is 0.997. The van der Waals surface area contributed by atoms with Gasteiger partial charge in [-0.25, -0.2) is 8.42 Å². The zero-order valence-corrected chi connectivity index (χ0v) is 14.2. The molecule has 1 saturated heterocycles. The van der Waals surface area contributed by atoms with Crippen LogP contribution in [0.2, 0.25) is 0 Å². The van der Waals surface area contributed by atoms with Crippen molar-refractivity contribution in [2.24, 2.45) is 11.8 Å². The molecule has 1 heterocycles. The van der Waals surface area contributed by atoms with E-state index in [0.29, 0.717) is 24.1 Å². The Labute approximate surface area is 132 Å². The fourth-order valence-electron chi connectivity index (χ4n) is 3.21. The molecule has 1 amide bonds.